The number of hydrogen-bond donors (Lipinski definition) is 0. The molecule has 0 aliphatic carbocycles. The van der Waals surface area contributed by atoms with E-state index in [1.165, 1.54) is 31.0 Å². The first kappa shape index (κ1) is 15.9. The number of halogens is 3. The molecule has 1 rings (SSSR count). The zero-order chi connectivity index (χ0) is 14.5. The average Bonchev–Trinajstić information content (AvgIpc) is 2.37. The Morgan fingerprint density at radius 1 is 1.37 bits per heavy atom. The predicted molar refractivity (Wildman–Crippen MR) is 68.8 cm³/mol. The summed E-state index contributed by atoms with van der Waals surface area (Å²) in [7, 11) is 1.29. The third-order valence-electron chi connectivity index (χ3n) is 2.55. The lowest BCUT2D eigenvalue weighted by Crippen LogP contribution is -2.15. The molecule has 0 saturated carbocycles. The summed E-state index contributed by atoms with van der Waals surface area (Å²) in [5.41, 5.74) is -0.384. The van der Waals surface area contributed by atoms with Crippen molar-refractivity contribution in [3.8, 4) is 0 Å². The van der Waals surface area contributed by atoms with Crippen molar-refractivity contribution in [2.24, 2.45) is 5.92 Å². The van der Waals surface area contributed by atoms with Gasteiger partial charge < -0.3 is 4.74 Å². The molecule has 1 aromatic carbocycles. The van der Waals surface area contributed by atoms with E-state index in [1.54, 1.807) is 13.0 Å². The minimum absolute atomic E-state index is 0.219. The highest BCUT2D eigenvalue weighted by Crippen LogP contribution is 2.33. The van der Waals surface area contributed by atoms with Gasteiger partial charge in [0.05, 0.1) is 18.6 Å². The molecule has 1 atom stereocenters. The van der Waals surface area contributed by atoms with Crippen LogP contribution in [0.2, 0.25) is 0 Å². The van der Waals surface area contributed by atoms with E-state index in [0.29, 0.717) is 5.75 Å². The lowest BCUT2D eigenvalue weighted by molar-refractivity contribution is -0.144. The second-order valence-electron chi connectivity index (χ2n) is 4.09. The van der Waals surface area contributed by atoms with Crippen LogP contribution in [0.25, 0.3) is 0 Å². The van der Waals surface area contributed by atoms with Crippen LogP contribution in [0.1, 0.15) is 18.1 Å². The van der Waals surface area contributed by atoms with Crippen molar-refractivity contribution in [2.75, 3.05) is 12.9 Å². The predicted octanol–water partition coefficient (Wildman–Crippen LogP) is 3.75. The molecule has 0 heterocycles. The number of hydrogen-bond acceptors (Lipinski definition) is 3. The molecule has 0 spiro atoms. The van der Waals surface area contributed by atoms with Gasteiger partial charge in [0.25, 0.3) is 0 Å². The normalized spacial score (nSPS) is 13.1. The number of benzene rings is 1. The van der Waals surface area contributed by atoms with Gasteiger partial charge >= 0.3 is 12.1 Å². The summed E-state index contributed by atoms with van der Waals surface area (Å²) in [6.45, 7) is 1.69. The van der Waals surface area contributed by atoms with Gasteiger partial charge in [-0.1, -0.05) is 25.1 Å². The van der Waals surface area contributed by atoms with Crippen molar-refractivity contribution in [1.29, 1.82) is 0 Å². The summed E-state index contributed by atoms with van der Waals surface area (Å²) in [4.78, 5) is 11.2. The lowest BCUT2D eigenvalue weighted by atomic mass is 10.1. The van der Waals surface area contributed by atoms with E-state index in [4.69, 9.17) is 0 Å². The smallest absolute Gasteiger partial charge is 0.416 e. The van der Waals surface area contributed by atoms with Gasteiger partial charge in [0.1, 0.15) is 0 Å². The summed E-state index contributed by atoms with van der Waals surface area (Å²) < 4.78 is 42.8. The Balaban J connectivity index is 2.62. The van der Waals surface area contributed by atoms with Crippen LogP contribution in [0.4, 0.5) is 13.2 Å². The molecule has 0 N–H and O–H groups in total. The largest absolute Gasteiger partial charge is 0.469 e. The third kappa shape index (κ3) is 4.78. The number of carbonyl (C=O) groups is 1. The molecule has 0 aromatic heterocycles. The summed E-state index contributed by atoms with van der Waals surface area (Å²) in [6.07, 6.45) is -4.34. The Bertz CT molecular complexity index is 432. The molecule has 0 aliphatic heterocycles. The number of alkyl halides is 3. The number of methoxy groups -OCH3 is 1. The molecular formula is C13H15F3O2S. The fourth-order valence-corrected chi connectivity index (χ4v) is 2.62. The molecule has 1 unspecified atom stereocenters. The number of carbonyl (C=O) groups excluding carboxylic acids is 1. The number of thioether (sulfide) groups is 1. The molecule has 6 heteroatoms. The first-order valence-corrected chi connectivity index (χ1v) is 6.82. The second kappa shape index (κ2) is 6.84. The zero-order valence-corrected chi connectivity index (χ0v) is 11.5. The van der Waals surface area contributed by atoms with Crippen LogP contribution in [0.5, 0.6) is 0 Å². The van der Waals surface area contributed by atoms with E-state index in [9.17, 15) is 18.0 Å². The van der Waals surface area contributed by atoms with Gasteiger partial charge in [-0.25, -0.2) is 0 Å². The molecular weight excluding hydrogens is 277 g/mol. The van der Waals surface area contributed by atoms with E-state index in [-0.39, 0.29) is 23.2 Å². The van der Waals surface area contributed by atoms with Crippen molar-refractivity contribution in [1.82, 2.24) is 0 Å². The van der Waals surface area contributed by atoms with Gasteiger partial charge in [-0.05, 0) is 11.6 Å². The molecule has 0 fully saturated rings. The second-order valence-corrected chi connectivity index (χ2v) is 5.12. The molecule has 2 nitrogen and oxygen atoms in total. The fraction of sp³-hybridized carbons (Fsp3) is 0.462. The Hall–Kier alpha value is -1.17. The highest BCUT2D eigenvalue weighted by Gasteiger charge is 2.32. The first-order chi connectivity index (χ1) is 8.86. The molecule has 19 heavy (non-hydrogen) atoms. The number of esters is 1. The van der Waals surface area contributed by atoms with E-state index in [1.807, 2.05) is 0 Å². The maximum absolute atomic E-state index is 12.7. The van der Waals surface area contributed by atoms with Crippen LogP contribution in [0.3, 0.4) is 0 Å². The van der Waals surface area contributed by atoms with E-state index in [2.05, 4.69) is 4.74 Å². The molecule has 106 valence electrons. The van der Waals surface area contributed by atoms with Gasteiger partial charge in [0.2, 0.25) is 0 Å². The maximum Gasteiger partial charge on any atom is 0.416 e. The minimum Gasteiger partial charge on any atom is -0.469 e. The first-order valence-electron chi connectivity index (χ1n) is 5.67. The average molecular weight is 292 g/mol. The van der Waals surface area contributed by atoms with Crippen molar-refractivity contribution in [3.05, 3.63) is 35.4 Å². The SMILES string of the molecule is COC(=O)C(C)CSCc1ccccc1C(F)(F)F. The fourth-order valence-electron chi connectivity index (χ4n) is 1.54. The molecule has 1 aromatic rings. The van der Waals surface area contributed by atoms with Crippen LogP contribution in [0, 0.1) is 5.92 Å². The third-order valence-corrected chi connectivity index (χ3v) is 3.80. The number of ether oxygens (including phenoxy) is 1. The van der Waals surface area contributed by atoms with Crippen molar-refractivity contribution < 1.29 is 22.7 Å². The van der Waals surface area contributed by atoms with E-state index >= 15 is 0 Å². The van der Waals surface area contributed by atoms with Gasteiger partial charge in [-0.3, -0.25) is 4.79 Å². The molecule has 0 amide bonds. The van der Waals surface area contributed by atoms with Gasteiger partial charge in [-0.2, -0.15) is 24.9 Å². The molecule has 0 saturated heterocycles. The zero-order valence-electron chi connectivity index (χ0n) is 10.7. The quantitative estimate of drug-likeness (QED) is 0.773. The van der Waals surface area contributed by atoms with E-state index in [0.717, 1.165) is 6.07 Å². The van der Waals surface area contributed by atoms with Crippen molar-refractivity contribution in [2.45, 2.75) is 18.9 Å². The Morgan fingerprint density at radius 3 is 2.58 bits per heavy atom. The van der Waals surface area contributed by atoms with Crippen LogP contribution in [-0.4, -0.2) is 18.8 Å². The molecule has 0 aliphatic rings. The summed E-state index contributed by atoms with van der Waals surface area (Å²) in [6, 6.07) is 5.47. The van der Waals surface area contributed by atoms with Crippen LogP contribution < -0.4 is 0 Å². The molecule has 0 radical (unpaired) electrons. The summed E-state index contributed by atoms with van der Waals surface area (Å²) >= 11 is 1.29. The van der Waals surface area contributed by atoms with Crippen LogP contribution >= 0.6 is 11.8 Å². The van der Waals surface area contributed by atoms with Crippen molar-refractivity contribution in [3.63, 3.8) is 0 Å². The van der Waals surface area contributed by atoms with Crippen LogP contribution in [0.15, 0.2) is 24.3 Å². The summed E-state index contributed by atoms with van der Waals surface area (Å²) in [5.74, 6) is -0.0276. The Kier molecular flexibility index (Phi) is 5.72. The van der Waals surface area contributed by atoms with E-state index < -0.39 is 11.7 Å². The standard InChI is InChI=1S/C13H15F3O2S/c1-9(12(17)18-2)7-19-8-10-5-3-4-6-11(10)13(14,15)16/h3-6,9H,7-8H2,1-2H3. The molecule has 0 bridgehead atoms. The maximum atomic E-state index is 12.7. The minimum atomic E-state index is -4.34. The number of rotatable bonds is 5. The topological polar surface area (TPSA) is 26.3 Å². The Labute approximate surface area is 114 Å². The van der Waals surface area contributed by atoms with Gasteiger partial charge in [0.15, 0.2) is 0 Å². The Morgan fingerprint density at radius 2 is 2.00 bits per heavy atom. The highest BCUT2D eigenvalue weighted by molar-refractivity contribution is 7.98. The highest BCUT2D eigenvalue weighted by atomic mass is 32.2. The van der Waals surface area contributed by atoms with Crippen LogP contribution in [-0.2, 0) is 21.5 Å². The summed E-state index contributed by atoms with van der Waals surface area (Å²) in [5, 5.41) is 0. The van der Waals surface area contributed by atoms with Gasteiger partial charge in [0, 0.05) is 11.5 Å². The monoisotopic (exact) mass is 292 g/mol. The lowest BCUT2D eigenvalue weighted by Gasteiger charge is -2.13. The van der Waals surface area contributed by atoms with Gasteiger partial charge in [-0.15, -0.1) is 0 Å². The van der Waals surface area contributed by atoms with Crippen molar-refractivity contribution >= 4 is 17.7 Å².